The Kier molecular flexibility index (Phi) is 11.8. The van der Waals surface area contributed by atoms with E-state index >= 15 is 0 Å². The number of hydrogen-bond donors (Lipinski definition) is 4. The number of pyridine rings is 1. The van der Waals surface area contributed by atoms with Crippen LogP contribution >= 0.6 is 0 Å². The lowest BCUT2D eigenvalue weighted by Crippen LogP contribution is -2.54. The number of nitrogens with zero attached hydrogens (tertiary/aromatic N) is 4. The SMILES string of the molecule is CC1CC(=O)N(Cc2ccc(NC(=O)[C@H](C)NC(=O)[C@@H](NC(=O)OC(C)(C)C)C(C)C)cc2)N=C1c1ccc(NC(=O)N2Cc3ccncc3C2)cc1. The Bertz CT molecular complexity index is 1840. The highest BCUT2D eigenvalue weighted by Crippen LogP contribution is 2.25. The second-order valence-electron chi connectivity index (χ2n) is 14.8. The molecule has 5 rings (SSSR count). The Morgan fingerprint density at radius 2 is 1.51 bits per heavy atom. The monoisotopic (exact) mass is 724 g/mol. The number of ether oxygens (including phenoxy) is 1. The number of aromatic nitrogens is 1. The number of benzene rings is 2. The Morgan fingerprint density at radius 1 is 0.868 bits per heavy atom. The summed E-state index contributed by atoms with van der Waals surface area (Å²) in [5, 5.41) is 17.2. The minimum atomic E-state index is -0.896. The number of alkyl carbamates (subject to hydrolysis) is 1. The summed E-state index contributed by atoms with van der Waals surface area (Å²) in [6.07, 6.45) is 3.10. The normalized spacial score (nSPS) is 16.6. The van der Waals surface area contributed by atoms with Crippen molar-refractivity contribution in [1.82, 2.24) is 25.5 Å². The summed E-state index contributed by atoms with van der Waals surface area (Å²) in [7, 11) is 0. The van der Waals surface area contributed by atoms with Crippen LogP contribution in [-0.2, 0) is 38.8 Å². The highest BCUT2D eigenvalue weighted by atomic mass is 16.6. The molecular weight excluding hydrogens is 676 g/mol. The molecule has 3 heterocycles. The molecule has 53 heavy (non-hydrogen) atoms. The van der Waals surface area contributed by atoms with Crippen LogP contribution in [0.25, 0.3) is 0 Å². The fraction of sp³-hybridized carbons (Fsp3) is 0.410. The van der Waals surface area contributed by atoms with Crippen molar-refractivity contribution < 1.29 is 28.7 Å². The molecule has 14 nitrogen and oxygen atoms in total. The number of carbonyl (C=O) groups excluding carboxylic acids is 5. The zero-order valence-corrected chi connectivity index (χ0v) is 31.2. The molecule has 1 aromatic heterocycles. The lowest BCUT2D eigenvalue weighted by atomic mass is 9.93. The van der Waals surface area contributed by atoms with Gasteiger partial charge < -0.3 is 30.9 Å². The molecule has 0 bridgehead atoms. The molecule has 0 spiro atoms. The van der Waals surface area contributed by atoms with Crippen molar-refractivity contribution in [3.63, 3.8) is 0 Å². The summed E-state index contributed by atoms with van der Waals surface area (Å²) >= 11 is 0. The third-order valence-corrected chi connectivity index (χ3v) is 8.84. The fourth-order valence-corrected chi connectivity index (χ4v) is 5.96. The highest BCUT2D eigenvalue weighted by Gasteiger charge is 2.30. The molecule has 2 aliphatic rings. The molecule has 0 aliphatic carbocycles. The molecule has 14 heteroatoms. The minimum absolute atomic E-state index is 0.0973. The van der Waals surface area contributed by atoms with Gasteiger partial charge >= 0.3 is 12.1 Å². The van der Waals surface area contributed by atoms with E-state index in [1.807, 2.05) is 37.3 Å². The van der Waals surface area contributed by atoms with E-state index in [-0.39, 0.29) is 30.3 Å². The van der Waals surface area contributed by atoms with Gasteiger partial charge in [-0.2, -0.15) is 5.10 Å². The van der Waals surface area contributed by atoms with E-state index < -0.39 is 35.6 Å². The Hall–Kier alpha value is -5.79. The lowest BCUT2D eigenvalue weighted by molar-refractivity contribution is -0.133. The van der Waals surface area contributed by atoms with Gasteiger partial charge in [-0.1, -0.05) is 45.0 Å². The zero-order valence-electron chi connectivity index (χ0n) is 31.2. The molecule has 4 N–H and O–H groups in total. The molecule has 2 aliphatic heterocycles. The van der Waals surface area contributed by atoms with Crippen LogP contribution < -0.4 is 21.3 Å². The summed E-state index contributed by atoms with van der Waals surface area (Å²) in [5.41, 5.74) is 5.01. The summed E-state index contributed by atoms with van der Waals surface area (Å²) in [4.78, 5) is 69.9. The minimum Gasteiger partial charge on any atom is -0.444 e. The smallest absolute Gasteiger partial charge is 0.408 e. The van der Waals surface area contributed by atoms with Gasteiger partial charge in [-0.15, -0.1) is 0 Å². The highest BCUT2D eigenvalue weighted by molar-refractivity contribution is 6.06. The Morgan fingerprint density at radius 3 is 2.15 bits per heavy atom. The molecule has 0 radical (unpaired) electrons. The van der Waals surface area contributed by atoms with Gasteiger partial charge in [-0.05, 0) is 86.2 Å². The first-order valence-corrected chi connectivity index (χ1v) is 17.7. The maximum absolute atomic E-state index is 13.0. The van der Waals surface area contributed by atoms with E-state index in [4.69, 9.17) is 9.84 Å². The first-order chi connectivity index (χ1) is 25.1. The van der Waals surface area contributed by atoms with E-state index in [0.717, 1.165) is 28.0 Å². The van der Waals surface area contributed by atoms with Gasteiger partial charge in [0, 0.05) is 49.2 Å². The quantitative estimate of drug-likeness (QED) is 0.217. The van der Waals surface area contributed by atoms with Gasteiger partial charge in [0.1, 0.15) is 17.7 Å². The van der Waals surface area contributed by atoms with Crippen LogP contribution in [0.4, 0.5) is 21.0 Å². The summed E-state index contributed by atoms with van der Waals surface area (Å²) < 4.78 is 5.28. The van der Waals surface area contributed by atoms with Gasteiger partial charge in [0.25, 0.3) is 0 Å². The van der Waals surface area contributed by atoms with Crippen molar-refractivity contribution in [3.05, 3.63) is 89.2 Å². The molecule has 3 aromatic rings. The number of hydrogen-bond acceptors (Lipinski definition) is 8. The van der Waals surface area contributed by atoms with Gasteiger partial charge in [0.05, 0.1) is 12.3 Å². The number of amides is 6. The first kappa shape index (κ1) is 38.4. The molecule has 1 unspecified atom stereocenters. The van der Waals surface area contributed by atoms with Crippen LogP contribution in [-0.4, -0.2) is 68.1 Å². The maximum Gasteiger partial charge on any atom is 0.408 e. The number of nitrogens with one attached hydrogen (secondary N) is 4. The van der Waals surface area contributed by atoms with Gasteiger partial charge in [-0.3, -0.25) is 19.4 Å². The predicted molar refractivity (Wildman–Crippen MR) is 200 cm³/mol. The second kappa shape index (κ2) is 16.3. The topological polar surface area (TPSA) is 174 Å². The van der Waals surface area contributed by atoms with Crippen molar-refractivity contribution in [2.75, 3.05) is 10.6 Å². The van der Waals surface area contributed by atoms with Crippen LogP contribution in [0.3, 0.4) is 0 Å². The number of fused-ring (bicyclic) bond motifs is 1. The number of hydrazone groups is 1. The van der Waals surface area contributed by atoms with Crippen molar-refractivity contribution in [2.45, 2.75) is 92.2 Å². The average molecular weight is 725 g/mol. The number of carbonyl (C=O) groups is 5. The van der Waals surface area contributed by atoms with Crippen LogP contribution in [0.15, 0.2) is 72.1 Å². The zero-order chi connectivity index (χ0) is 38.4. The first-order valence-electron chi connectivity index (χ1n) is 17.7. The van der Waals surface area contributed by atoms with E-state index in [9.17, 15) is 24.0 Å². The summed E-state index contributed by atoms with van der Waals surface area (Å²) in [6, 6.07) is 14.4. The molecule has 0 saturated heterocycles. The fourth-order valence-electron chi connectivity index (χ4n) is 5.96. The molecule has 0 fully saturated rings. The number of rotatable bonds is 10. The summed E-state index contributed by atoms with van der Waals surface area (Å²) in [6.45, 7) is 13.6. The van der Waals surface area contributed by atoms with Crippen LogP contribution in [0, 0.1) is 11.8 Å². The Balaban J connectivity index is 1.15. The van der Waals surface area contributed by atoms with Crippen LogP contribution in [0.2, 0.25) is 0 Å². The number of urea groups is 1. The largest absolute Gasteiger partial charge is 0.444 e. The molecule has 6 amide bonds. The molecule has 3 atom stereocenters. The molecule has 2 aromatic carbocycles. The van der Waals surface area contributed by atoms with Crippen LogP contribution in [0.1, 0.15) is 77.1 Å². The number of anilines is 2. The molecule has 280 valence electrons. The van der Waals surface area contributed by atoms with Gasteiger partial charge in [0.15, 0.2) is 0 Å². The van der Waals surface area contributed by atoms with E-state index in [0.29, 0.717) is 30.9 Å². The lowest BCUT2D eigenvalue weighted by Gasteiger charge is -2.28. The average Bonchev–Trinajstić information content (AvgIpc) is 3.53. The van der Waals surface area contributed by atoms with Crippen molar-refractivity contribution in [2.24, 2.45) is 16.9 Å². The van der Waals surface area contributed by atoms with E-state index in [2.05, 4.69) is 26.3 Å². The van der Waals surface area contributed by atoms with Crippen LogP contribution in [0.5, 0.6) is 0 Å². The third-order valence-electron chi connectivity index (χ3n) is 8.84. The van der Waals surface area contributed by atoms with Crippen molar-refractivity contribution in [3.8, 4) is 0 Å². The predicted octanol–water partition coefficient (Wildman–Crippen LogP) is 5.39. The van der Waals surface area contributed by atoms with E-state index in [1.165, 1.54) is 5.01 Å². The molecule has 0 saturated carbocycles. The third kappa shape index (κ3) is 10.2. The van der Waals surface area contributed by atoms with E-state index in [1.54, 1.807) is 83.1 Å². The van der Waals surface area contributed by atoms with Gasteiger partial charge in [-0.25, -0.2) is 14.6 Å². The maximum atomic E-state index is 13.0. The molecular formula is C39H48N8O6. The standard InChI is InChI=1S/C39H48N8O6/c1-23(2)33(44-38(52)53-39(5,6)7)36(50)41-25(4)35(49)42-30-12-8-26(9-13-30)20-47-32(48)18-24(3)34(45-47)27-10-14-31(15-11-27)43-37(51)46-21-28-16-17-40-19-29(28)22-46/h8-17,19,23-25,33H,18,20-22H2,1-7H3,(H,41,50)(H,42,49)(H,43,51)(H,44,52)/t24?,25-,33-/m0/s1. The van der Waals surface area contributed by atoms with Crippen molar-refractivity contribution in [1.29, 1.82) is 0 Å². The summed E-state index contributed by atoms with van der Waals surface area (Å²) in [5.74, 6) is -1.40. The Labute approximate surface area is 309 Å². The van der Waals surface area contributed by atoms with Gasteiger partial charge in [0.2, 0.25) is 17.7 Å². The second-order valence-corrected chi connectivity index (χ2v) is 14.8. The van der Waals surface area contributed by atoms with Crippen molar-refractivity contribution >= 4 is 46.9 Å².